The SMILES string of the molecule is CCC(C)C(NC(=O)c1ccc(Cl)cc1[N+](=O)[O-])C(=O)O. The number of carboxylic acid groups (broad SMARTS) is 1. The molecule has 0 radical (unpaired) electrons. The highest BCUT2D eigenvalue weighted by Crippen LogP contribution is 2.23. The molecule has 0 aliphatic heterocycles. The van der Waals surface area contributed by atoms with Crippen LogP contribution in [0, 0.1) is 16.0 Å². The Bertz CT molecular complexity index is 576. The van der Waals surface area contributed by atoms with Gasteiger partial charge in [-0.25, -0.2) is 4.79 Å². The van der Waals surface area contributed by atoms with Crippen LogP contribution in [0.4, 0.5) is 5.69 Å². The van der Waals surface area contributed by atoms with Gasteiger partial charge in [-0.05, 0) is 18.1 Å². The molecule has 114 valence electrons. The van der Waals surface area contributed by atoms with Crippen molar-refractivity contribution in [3.8, 4) is 0 Å². The van der Waals surface area contributed by atoms with E-state index < -0.39 is 28.5 Å². The van der Waals surface area contributed by atoms with Crippen molar-refractivity contribution in [2.24, 2.45) is 5.92 Å². The van der Waals surface area contributed by atoms with Crippen LogP contribution in [-0.2, 0) is 4.79 Å². The summed E-state index contributed by atoms with van der Waals surface area (Å²) in [5.74, 6) is -2.31. The summed E-state index contributed by atoms with van der Waals surface area (Å²) in [5, 5.41) is 22.5. The van der Waals surface area contributed by atoms with E-state index in [1.807, 2.05) is 0 Å². The van der Waals surface area contributed by atoms with Crippen molar-refractivity contribution in [1.29, 1.82) is 0 Å². The standard InChI is InChI=1S/C13H15ClN2O5/c1-3-7(2)11(13(18)19)15-12(17)9-5-4-8(14)6-10(9)16(20)21/h4-7,11H,3H2,1-2H3,(H,15,17)(H,18,19). The molecule has 0 saturated carbocycles. The summed E-state index contributed by atoms with van der Waals surface area (Å²) in [4.78, 5) is 33.5. The lowest BCUT2D eigenvalue weighted by atomic mass is 9.99. The molecule has 0 aromatic heterocycles. The van der Waals surface area contributed by atoms with E-state index >= 15 is 0 Å². The highest BCUT2D eigenvalue weighted by Gasteiger charge is 2.28. The molecule has 1 aromatic rings. The number of nitro benzene ring substituents is 1. The Morgan fingerprint density at radius 2 is 2.10 bits per heavy atom. The molecule has 0 fully saturated rings. The molecule has 7 nitrogen and oxygen atoms in total. The van der Waals surface area contributed by atoms with Crippen molar-refractivity contribution < 1.29 is 19.6 Å². The Kier molecular flexibility index (Phi) is 5.66. The molecule has 2 N–H and O–H groups in total. The predicted octanol–water partition coefficient (Wildman–Crippen LogP) is 2.48. The summed E-state index contributed by atoms with van der Waals surface area (Å²) in [6, 6.07) is 2.47. The van der Waals surface area contributed by atoms with Crippen molar-refractivity contribution in [2.45, 2.75) is 26.3 Å². The molecule has 1 rings (SSSR count). The number of halogens is 1. The molecule has 0 saturated heterocycles. The van der Waals surface area contributed by atoms with Gasteiger partial charge in [0.15, 0.2) is 0 Å². The molecular formula is C13H15ClN2O5. The molecule has 1 amide bonds. The third-order valence-corrected chi connectivity index (χ3v) is 3.40. The van der Waals surface area contributed by atoms with E-state index in [9.17, 15) is 19.7 Å². The van der Waals surface area contributed by atoms with Crippen LogP contribution in [-0.4, -0.2) is 27.9 Å². The number of hydrogen-bond acceptors (Lipinski definition) is 4. The maximum absolute atomic E-state index is 12.1. The summed E-state index contributed by atoms with van der Waals surface area (Å²) >= 11 is 5.66. The van der Waals surface area contributed by atoms with Gasteiger partial charge in [-0.15, -0.1) is 0 Å². The number of aliphatic carboxylic acids is 1. The van der Waals surface area contributed by atoms with E-state index in [0.29, 0.717) is 6.42 Å². The van der Waals surface area contributed by atoms with Crippen LogP contribution in [0.3, 0.4) is 0 Å². The van der Waals surface area contributed by atoms with Crippen molar-refractivity contribution in [3.05, 3.63) is 38.9 Å². The normalized spacial score (nSPS) is 13.3. The first-order valence-corrected chi connectivity index (χ1v) is 6.63. The van der Waals surface area contributed by atoms with E-state index in [-0.39, 0.29) is 16.5 Å². The first kappa shape index (κ1) is 16.9. The van der Waals surface area contributed by atoms with Crippen LogP contribution in [0.15, 0.2) is 18.2 Å². The number of nitro groups is 1. The number of nitrogens with one attached hydrogen (secondary N) is 1. The number of hydrogen-bond donors (Lipinski definition) is 2. The van der Waals surface area contributed by atoms with E-state index in [1.54, 1.807) is 13.8 Å². The highest BCUT2D eigenvalue weighted by molar-refractivity contribution is 6.31. The zero-order valence-electron chi connectivity index (χ0n) is 11.5. The van der Waals surface area contributed by atoms with Crippen molar-refractivity contribution in [2.75, 3.05) is 0 Å². The summed E-state index contributed by atoms with van der Waals surface area (Å²) in [6.07, 6.45) is 0.542. The monoisotopic (exact) mass is 314 g/mol. The lowest BCUT2D eigenvalue weighted by Gasteiger charge is -2.20. The molecule has 8 heteroatoms. The third kappa shape index (κ3) is 4.16. The maximum Gasteiger partial charge on any atom is 0.326 e. The first-order chi connectivity index (χ1) is 9.77. The van der Waals surface area contributed by atoms with Gasteiger partial charge < -0.3 is 10.4 Å². The van der Waals surface area contributed by atoms with Gasteiger partial charge in [0.25, 0.3) is 11.6 Å². The minimum absolute atomic E-state index is 0.120. The Labute approximate surface area is 126 Å². The fourth-order valence-corrected chi connectivity index (χ4v) is 1.92. The molecule has 0 spiro atoms. The second-order valence-corrected chi connectivity index (χ2v) is 5.03. The number of nitrogens with zero attached hydrogens (tertiary/aromatic N) is 1. The Balaban J connectivity index is 3.08. The minimum Gasteiger partial charge on any atom is -0.480 e. The van der Waals surface area contributed by atoms with Crippen molar-refractivity contribution in [1.82, 2.24) is 5.32 Å². The van der Waals surface area contributed by atoms with Gasteiger partial charge in [-0.3, -0.25) is 14.9 Å². The average Bonchev–Trinajstić information content (AvgIpc) is 2.43. The van der Waals surface area contributed by atoms with Crippen LogP contribution in [0.1, 0.15) is 30.6 Å². The molecule has 0 aliphatic rings. The fraction of sp³-hybridized carbons (Fsp3) is 0.385. The lowest BCUT2D eigenvalue weighted by molar-refractivity contribution is -0.385. The van der Waals surface area contributed by atoms with Gasteiger partial charge in [0.2, 0.25) is 0 Å². The smallest absolute Gasteiger partial charge is 0.326 e. The van der Waals surface area contributed by atoms with Gasteiger partial charge in [0, 0.05) is 11.1 Å². The van der Waals surface area contributed by atoms with Crippen LogP contribution in [0.25, 0.3) is 0 Å². The molecular weight excluding hydrogens is 300 g/mol. The summed E-state index contributed by atoms with van der Waals surface area (Å²) in [7, 11) is 0. The quantitative estimate of drug-likeness (QED) is 0.619. The maximum atomic E-state index is 12.1. The summed E-state index contributed by atoms with van der Waals surface area (Å²) in [5.41, 5.74) is -0.688. The van der Waals surface area contributed by atoms with E-state index in [0.717, 1.165) is 6.07 Å². The molecule has 0 bridgehead atoms. The summed E-state index contributed by atoms with van der Waals surface area (Å²) in [6.45, 7) is 3.47. The number of carboxylic acids is 1. The topological polar surface area (TPSA) is 110 Å². The Morgan fingerprint density at radius 3 is 2.57 bits per heavy atom. The van der Waals surface area contributed by atoms with Gasteiger partial charge in [-0.2, -0.15) is 0 Å². The van der Waals surface area contributed by atoms with Gasteiger partial charge in [0.1, 0.15) is 11.6 Å². The van der Waals surface area contributed by atoms with Gasteiger partial charge in [-0.1, -0.05) is 31.9 Å². The van der Waals surface area contributed by atoms with E-state index in [1.165, 1.54) is 12.1 Å². The second-order valence-electron chi connectivity index (χ2n) is 4.59. The van der Waals surface area contributed by atoms with Crippen LogP contribution in [0.2, 0.25) is 5.02 Å². The number of benzene rings is 1. The van der Waals surface area contributed by atoms with Crippen LogP contribution >= 0.6 is 11.6 Å². The Morgan fingerprint density at radius 1 is 1.48 bits per heavy atom. The Hall–Kier alpha value is -2.15. The molecule has 2 unspecified atom stereocenters. The number of amides is 1. The zero-order valence-corrected chi connectivity index (χ0v) is 12.3. The number of carbonyl (C=O) groups excluding carboxylic acids is 1. The average molecular weight is 315 g/mol. The zero-order chi connectivity index (χ0) is 16.2. The second kappa shape index (κ2) is 7.03. The molecule has 2 atom stereocenters. The van der Waals surface area contributed by atoms with Crippen LogP contribution in [0.5, 0.6) is 0 Å². The highest BCUT2D eigenvalue weighted by atomic mass is 35.5. The first-order valence-electron chi connectivity index (χ1n) is 6.25. The molecule has 21 heavy (non-hydrogen) atoms. The predicted molar refractivity (Wildman–Crippen MR) is 76.5 cm³/mol. The van der Waals surface area contributed by atoms with Crippen molar-refractivity contribution in [3.63, 3.8) is 0 Å². The summed E-state index contributed by atoms with van der Waals surface area (Å²) < 4.78 is 0. The third-order valence-electron chi connectivity index (χ3n) is 3.17. The number of carbonyl (C=O) groups is 2. The fourth-order valence-electron chi connectivity index (χ4n) is 1.75. The molecule has 1 aromatic carbocycles. The van der Waals surface area contributed by atoms with E-state index in [4.69, 9.17) is 16.7 Å². The lowest BCUT2D eigenvalue weighted by Crippen LogP contribution is -2.45. The number of rotatable bonds is 6. The molecule has 0 aliphatic carbocycles. The largest absolute Gasteiger partial charge is 0.480 e. The van der Waals surface area contributed by atoms with Gasteiger partial charge >= 0.3 is 5.97 Å². The minimum atomic E-state index is -1.19. The van der Waals surface area contributed by atoms with Crippen molar-refractivity contribution >= 4 is 29.2 Å². The van der Waals surface area contributed by atoms with Gasteiger partial charge in [0.05, 0.1) is 4.92 Å². The van der Waals surface area contributed by atoms with E-state index in [2.05, 4.69) is 5.32 Å². The molecule has 0 heterocycles. The van der Waals surface area contributed by atoms with Crippen LogP contribution < -0.4 is 5.32 Å².